The number of halogens is 1. The van der Waals surface area contributed by atoms with E-state index in [1.54, 1.807) is 6.07 Å². The Morgan fingerprint density at radius 3 is 2.72 bits per heavy atom. The standard InChI is InChI=1S/C15H20ClNO/c1-10-4-5-11(8-13(10)16)14(18)17-12-6-7-15(2,3)9-12/h4-5,8,12H,6-7,9H2,1-3H3,(H,17,18). The Kier molecular flexibility index (Phi) is 3.67. The largest absolute Gasteiger partial charge is 0.349 e. The zero-order valence-electron chi connectivity index (χ0n) is 11.2. The minimum atomic E-state index is -0.0143. The lowest BCUT2D eigenvalue weighted by molar-refractivity contribution is 0.0936. The molecule has 1 aliphatic rings. The fourth-order valence-electron chi connectivity index (χ4n) is 2.56. The van der Waals surface area contributed by atoms with Gasteiger partial charge in [-0.2, -0.15) is 0 Å². The molecule has 0 saturated heterocycles. The van der Waals surface area contributed by atoms with Crippen molar-refractivity contribution in [2.75, 3.05) is 0 Å². The predicted molar refractivity (Wildman–Crippen MR) is 75.1 cm³/mol. The fraction of sp³-hybridized carbons (Fsp3) is 0.533. The highest BCUT2D eigenvalue weighted by atomic mass is 35.5. The maximum Gasteiger partial charge on any atom is 0.251 e. The van der Waals surface area contributed by atoms with Crippen LogP contribution in [0.3, 0.4) is 0 Å². The van der Waals surface area contributed by atoms with E-state index in [0.29, 0.717) is 22.0 Å². The third-order valence-corrected chi connectivity index (χ3v) is 4.15. The molecule has 1 aromatic rings. The minimum Gasteiger partial charge on any atom is -0.349 e. The molecule has 1 N–H and O–H groups in total. The highest BCUT2D eigenvalue weighted by Crippen LogP contribution is 2.37. The van der Waals surface area contributed by atoms with E-state index in [1.807, 2.05) is 19.1 Å². The van der Waals surface area contributed by atoms with Gasteiger partial charge in [-0.05, 0) is 49.3 Å². The predicted octanol–water partition coefficient (Wildman–Crippen LogP) is 3.96. The number of hydrogen-bond donors (Lipinski definition) is 1. The SMILES string of the molecule is Cc1ccc(C(=O)NC2CCC(C)(C)C2)cc1Cl. The number of benzene rings is 1. The Hall–Kier alpha value is -1.02. The number of aryl methyl sites for hydroxylation is 1. The Labute approximate surface area is 114 Å². The van der Waals surface area contributed by atoms with Crippen molar-refractivity contribution in [2.24, 2.45) is 5.41 Å². The van der Waals surface area contributed by atoms with Crippen molar-refractivity contribution < 1.29 is 4.79 Å². The molecule has 98 valence electrons. The van der Waals surface area contributed by atoms with Crippen LogP contribution in [0.4, 0.5) is 0 Å². The van der Waals surface area contributed by atoms with Crippen LogP contribution in [0.1, 0.15) is 49.0 Å². The van der Waals surface area contributed by atoms with Crippen molar-refractivity contribution in [3.8, 4) is 0 Å². The van der Waals surface area contributed by atoms with E-state index < -0.39 is 0 Å². The zero-order valence-corrected chi connectivity index (χ0v) is 12.0. The highest BCUT2D eigenvalue weighted by molar-refractivity contribution is 6.31. The minimum absolute atomic E-state index is 0.0143. The lowest BCUT2D eigenvalue weighted by Gasteiger charge is -2.18. The van der Waals surface area contributed by atoms with E-state index >= 15 is 0 Å². The van der Waals surface area contributed by atoms with Crippen molar-refractivity contribution in [3.05, 3.63) is 34.3 Å². The quantitative estimate of drug-likeness (QED) is 0.862. The first-order valence-electron chi connectivity index (χ1n) is 6.44. The molecule has 1 fully saturated rings. The van der Waals surface area contributed by atoms with E-state index in [0.717, 1.165) is 18.4 Å². The maximum atomic E-state index is 12.1. The van der Waals surface area contributed by atoms with E-state index in [-0.39, 0.29) is 5.91 Å². The molecule has 1 saturated carbocycles. The van der Waals surface area contributed by atoms with Gasteiger partial charge in [0.25, 0.3) is 5.91 Å². The summed E-state index contributed by atoms with van der Waals surface area (Å²) in [5.41, 5.74) is 1.99. The average molecular weight is 266 g/mol. The fourth-order valence-corrected chi connectivity index (χ4v) is 2.74. The third kappa shape index (κ3) is 3.05. The summed E-state index contributed by atoms with van der Waals surface area (Å²) in [6.45, 7) is 6.44. The molecule has 2 nitrogen and oxygen atoms in total. The Bertz CT molecular complexity index is 468. The van der Waals surface area contributed by atoms with Gasteiger partial charge >= 0.3 is 0 Å². The monoisotopic (exact) mass is 265 g/mol. The van der Waals surface area contributed by atoms with E-state index in [1.165, 1.54) is 6.42 Å². The van der Waals surface area contributed by atoms with E-state index in [4.69, 9.17) is 11.6 Å². The molecule has 3 heteroatoms. The van der Waals surface area contributed by atoms with Gasteiger partial charge in [-0.1, -0.05) is 31.5 Å². The van der Waals surface area contributed by atoms with E-state index in [2.05, 4.69) is 19.2 Å². The molecule has 18 heavy (non-hydrogen) atoms. The number of carbonyl (C=O) groups is 1. The molecule has 1 unspecified atom stereocenters. The van der Waals surface area contributed by atoms with Crippen molar-refractivity contribution in [3.63, 3.8) is 0 Å². The number of rotatable bonds is 2. The van der Waals surface area contributed by atoms with Crippen LogP contribution in [0, 0.1) is 12.3 Å². The van der Waals surface area contributed by atoms with Crippen molar-refractivity contribution in [1.29, 1.82) is 0 Å². The summed E-state index contributed by atoms with van der Waals surface area (Å²) < 4.78 is 0. The molecule has 1 aliphatic carbocycles. The molecule has 1 aromatic carbocycles. The van der Waals surface area contributed by atoms with Crippen molar-refractivity contribution >= 4 is 17.5 Å². The summed E-state index contributed by atoms with van der Waals surface area (Å²) in [6, 6.07) is 5.76. The topological polar surface area (TPSA) is 29.1 Å². The number of amides is 1. The Morgan fingerprint density at radius 1 is 1.44 bits per heavy atom. The zero-order chi connectivity index (χ0) is 13.3. The molecule has 0 aliphatic heterocycles. The Morgan fingerprint density at radius 2 is 2.17 bits per heavy atom. The average Bonchev–Trinajstić information content (AvgIpc) is 2.62. The number of carbonyl (C=O) groups excluding carboxylic acids is 1. The summed E-state index contributed by atoms with van der Waals surface area (Å²) in [5, 5.41) is 3.75. The lowest BCUT2D eigenvalue weighted by Crippen LogP contribution is -2.33. The van der Waals surface area contributed by atoms with Crippen LogP contribution in [-0.4, -0.2) is 11.9 Å². The summed E-state index contributed by atoms with van der Waals surface area (Å²) >= 11 is 6.04. The van der Waals surface area contributed by atoms with Gasteiger partial charge in [-0.3, -0.25) is 4.79 Å². The second-order valence-corrected chi connectivity index (χ2v) is 6.45. The molecular weight excluding hydrogens is 246 g/mol. The molecular formula is C15H20ClNO. The smallest absolute Gasteiger partial charge is 0.251 e. The van der Waals surface area contributed by atoms with Crippen LogP contribution in [0.2, 0.25) is 5.02 Å². The second kappa shape index (κ2) is 4.93. The summed E-state index contributed by atoms with van der Waals surface area (Å²) in [4.78, 5) is 12.1. The first-order chi connectivity index (χ1) is 8.37. The third-order valence-electron chi connectivity index (χ3n) is 3.74. The molecule has 0 radical (unpaired) electrons. The molecule has 2 rings (SSSR count). The normalized spacial score (nSPS) is 21.9. The van der Waals surface area contributed by atoms with Gasteiger partial charge in [0.15, 0.2) is 0 Å². The molecule has 0 spiro atoms. The highest BCUT2D eigenvalue weighted by Gasteiger charge is 2.31. The first kappa shape index (κ1) is 13.4. The lowest BCUT2D eigenvalue weighted by atomic mass is 9.92. The van der Waals surface area contributed by atoms with Gasteiger partial charge < -0.3 is 5.32 Å². The van der Waals surface area contributed by atoms with Gasteiger partial charge in [-0.15, -0.1) is 0 Å². The summed E-state index contributed by atoms with van der Waals surface area (Å²) in [5.74, 6) is -0.0143. The van der Waals surface area contributed by atoms with Crippen molar-refractivity contribution in [2.45, 2.75) is 46.1 Å². The molecule has 1 amide bonds. The van der Waals surface area contributed by atoms with Crippen LogP contribution < -0.4 is 5.32 Å². The summed E-state index contributed by atoms with van der Waals surface area (Å²) in [7, 11) is 0. The van der Waals surface area contributed by atoms with Crippen LogP contribution >= 0.6 is 11.6 Å². The van der Waals surface area contributed by atoms with Crippen molar-refractivity contribution in [1.82, 2.24) is 5.32 Å². The van der Waals surface area contributed by atoms with Crippen LogP contribution in [0.15, 0.2) is 18.2 Å². The van der Waals surface area contributed by atoms with E-state index in [9.17, 15) is 4.79 Å². The van der Waals surface area contributed by atoms with Gasteiger partial charge in [0.05, 0.1) is 0 Å². The Balaban J connectivity index is 2.02. The molecule has 1 atom stereocenters. The van der Waals surface area contributed by atoms with Crippen LogP contribution in [-0.2, 0) is 0 Å². The van der Waals surface area contributed by atoms with Gasteiger partial charge in [0, 0.05) is 16.6 Å². The van der Waals surface area contributed by atoms with Gasteiger partial charge in [0.2, 0.25) is 0 Å². The molecule has 0 aromatic heterocycles. The van der Waals surface area contributed by atoms with Gasteiger partial charge in [0.1, 0.15) is 0 Å². The molecule has 0 heterocycles. The van der Waals surface area contributed by atoms with Gasteiger partial charge in [-0.25, -0.2) is 0 Å². The first-order valence-corrected chi connectivity index (χ1v) is 6.82. The maximum absolute atomic E-state index is 12.1. The number of nitrogens with one attached hydrogen (secondary N) is 1. The van der Waals surface area contributed by atoms with Crippen LogP contribution in [0.25, 0.3) is 0 Å². The van der Waals surface area contributed by atoms with Crippen LogP contribution in [0.5, 0.6) is 0 Å². The second-order valence-electron chi connectivity index (χ2n) is 6.04. The molecule has 0 bridgehead atoms. The number of hydrogen-bond acceptors (Lipinski definition) is 1. The summed E-state index contributed by atoms with van der Waals surface area (Å²) in [6.07, 6.45) is 3.29.